The van der Waals surface area contributed by atoms with Gasteiger partial charge in [-0.3, -0.25) is 0 Å². The second-order valence-electron chi connectivity index (χ2n) is 37.6. The molecule has 0 unspecified atom stereocenters. The Morgan fingerprint density at radius 3 is 1.02 bits per heavy atom. The van der Waals surface area contributed by atoms with Crippen molar-refractivity contribution in [2.45, 2.75) is 183 Å². The number of aromatic nitrogens is 1. The summed E-state index contributed by atoms with van der Waals surface area (Å²) in [4.78, 5) is 5.15. The second kappa shape index (κ2) is 25.4. The molecule has 0 spiro atoms. The van der Waals surface area contributed by atoms with Gasteiger partial charge in [-0.15, -0.1) is 0 Å². The summed E-state index contributed by atoms with van der Waals surface area (Å²) in [6.45, 7) is 48.7. The molecular formula is C101H103BN4. The van der Waals surface area contributed by atoms with Gasteiger partial charge in [-0.25, -0.2) is 0 Å². The van der Waals surface area contributed by atoms with E-state index < -0.39 is 0 Å². The fraction of sp³-hybridized carbons (Fsp3) is 0.277. The lowest BCUT2D eigenvalue weighted by Crippen LogP contribution is -2.61. The molecule has 0 radical (unpaired) electrons. The van der Waals surface area contributed by atoms with Gasteiger partial charge in [0.1, 0.15) is 11.6 Å². The van der Waals surface area contributed by atoms with Gasteiger partial charge in [-0.2, -0.15) is 5.26 Å². The van der Waals surface area contributed by atoms with Crippen LogP contribution in [-0.2, 0) is 37.9 Å². The highest BCUT2D eigenvalue weighted by atomic mass is 15.2. The summed E-state index contributed by atoms with van der Waals surface area (Å²) in [6, 6.07) is 96.1. The maximum Gasteiger partial charge on any atom is 0.252 e. The summed E-state index contributed by atoms with van der Waals surface area (Å²) in [5.74, 6) is 0. The summed E-state index contributed by atoms with van der Waals surface area (Å²) >= 11 is 0. The van der Waals surface area contributed by atoms with Crippen LogP contribution in [0.25, 0.3) is 83.1 Å². The predicted molar refractivity (Wildman–Crippen MR) is 458 cm³/mol. The van der Waals surface area contributed by atoms with E-state index in [0.717, 1.165) is 106 Å². The molecule has 0 bridgehead atoms. The zero-order chi connectivity index (χ0) is 75.3. The number of rotatable bonds is 8. The lowest BCUT2D eigenvalue weighted by molar-refractivity contribution is 0.568. The Kier molecular flexibility index (Phi) is 17.1. The molecule has 0 saturated carbocycles. The van der Waals surface area contributed by atoms with Gasteiger partial charge >= 0.3 is 0 Å². The molecule has 4 nitrogen and oxygen atoms in total. The molecule has 2 aliphatic heterocycles. The molecular weight excluding hydrogens is 1280 g/mol. The minimum absolute atomic E-state index is 0.0208. The highest BCUT2D eigenvalue weighted by Crippen LogP contribution is 2.52. The molecule has 0 saturated heterocycles. The number of benzene rings is 12. The summed E-state index contributed by atoms with van der Waals surface area (Å²) in [7, 11) is 0. The predicted octanol–water partition coefficient (Wildman–Crippen LogP) is 26.2. The van der Waals surface area contributed by atoms with Gasteiger partial charge in [0.15, 0.2) is 0 Å². The van der Waals surface area contributed by atoms with E-state index in [4.69, 9.17) is 0 Å². The fourth-order valence-electron chi connectivity index (χ4n) is 16.1. The normalized spacial score (nSPS) is 13.5. The van der Waals surface area contributed by atoms with Crippen LogP contribution in [0.1, 0.15) is 190 Å². The number of nitriles is 1. The zero-order valence-corrected chi connectivity index (χ0v) is 66.5. The molecule has 0 N–H and O–H groups in total. The van der Waals surface area contributed by atoms with E-state index in [1.807, 2.05) is 0 Å². The number of hydrogen-bond donors (Lipinski definition) is 0. The summed E-state index contributed by atoms with van der Waals surface area (Å²) in [5, 5.41) is 14.8. The van der Waals surface area contributed by atoms with Gasteiger partial charge in [-0.05, 0) is 216 Å². The first kappa shape index (κ1) is 71.2. The van der Waals surface area contributed by atoms with Gasteiger partial charge in [0.05, 0.1) is 22.4 Å². The van der Waals surface area contributed by atoms with Crippen LogP contribution in [0.15, 0.2) is 243 Å². The average Bonchev–Trinajstić information content (AvgIpc) is 0.772. The number of fused-ring (bicyclic) bond motifs is 7. The number of nitrogens with zero attached hydrogens (tertiary/aromatic N) is 4. The van der Waals surface area contributed by atoms with Crippen LogP contribution in [0.3, 0.4) is 0 Å². The first-order chi connectivity index (χ1) is 49.9. The SMILES string of the molecule is CC(C)(C)c1ccc(-c2cc(-c3ccccc3)cc(N3c4cc(-c5cc(C(C)(C)C)cc(C(C)(C)C)c5)ccc4B4c5ccc(-c6cc(C(C)(C)C)cc(C(C)(C)C)c6)cc5N(c5cccc(-n6c7ccccc7c7ccccc76)c5C#N)c5cc(-c6cc(C(C)(C)C)cc(C(C)(C)C)c6)cc3c54)c2)cc1. The van der Waals surface area contributed by atoms with Gasteiger partial charge in [0.2, 0.25) is 0 Å². The highest BCUT2D eigenvalue weighted by Gasteiger charge is 2.45. The van der Waals surface area contributed by atoms with Crippen molar-refractivity contribution in [3.05, 3.63) is 287 Å². The molecule has 0 fully saturated rings. The number of hydrogen-bond acceptors (Lipinski definition) is 3. The fourth-order valence-corrected chi connectivity index (χ4v) is 16.1. The Morgan fingerprint density at radius 1 is 0.255 bits per heavy atom. The Hall–Kier alpha value is -10.4. The molecule has 1 aromatic heterocycles. The van der Waals surface area contributed by atoms with Gasteiger partial charge in [-0.1, -0.05) is 321 Å². The Bertz CT molecular complexity index is 5550. The lowest BCUT2D eigenvalue weighted by Gasteiger charge is -2.45. The zero-order valence-electron chi connectivity index (χ0n) is 66.5. The average molecular weight is 1380 g/mol. The molecule has 3 heterocycles. The molecule has 0 amide bonds. The van der Waals surface area contributed by atoms with Crippen LogP contribution in [0.4, 0.5) is 34.1 Å². The number of para-hydroxylation sites is 2. The van der Waals surface area contributed by atoms with Crippen LogP contribution in [0.2, 0.25) is 0 Å². The minimum atomic E-state index is -0.268. The summed E-state index contributed by atoms with van der Waals surface area (Å²) in [6.07, 6.45) is 0. The lowest BCUT2D eigenvalue weighted by atomic mass is 9.33. The van der Waals surface area contributed by atoms with Gasteiger partial charge in [0.25, 0.3) is 6.71 Å². The molecule has 0 aliphatic carbocycles. The maximum absolute atomic E-state index is 12.5. The molecule has 5 heteroatoms. The van der Waals surface area contributed by atoms with Gasteiger partial charge in [0, 0.05) is 39.2 Å². The van der Waals surface area contributed by atoms with E-state index in [9.17, 15) is 5.26 Å². The Morgan fingerprint density at radius 2 is 0.594 bits per heavy atom. The van der Waals surface area contributed by atoms with Crippen LogP contribution in [0, 0.1) is 11.3 Å². The maximum atomic E-state index is 12.5. The first-order valence-corrected chi connectivity index (χ1v) is 38.3. The van der Waals surface area contributed by atoms with Crippen molar-refractivity contribution < 1.29 is 0 Å². The quantitative estimate of drug-likeness (QED) is 0.142. The Labute approximate surface area is 632 Å². The largest absolute Gasteiger partial charge is 0.311 e. The molecule has 106 heavy (non-hydrogen) atoms. The van der Waals surface area contributed by atoms with Crippen molar-refractivity contribution in [2.75, 3.05) is 9.80 Å². The molecule has 0 atom stereocenters. The molecule has 530 valence electrons. The van der Waals surface area contributed by atoms with Crippen LogP contribution in [0.5, 0.6) is 0 Å². The van der Waals surface area contributed by atoms with E-state index >= 15 is 0 Å². The van der Waals surface area contributed by atoms with E-state index in [0.29, 0.717) is 5.56 Å². The van der Waals surface area contributed by atoms with E-state index in [1.54, 1.807) is 0 Å². The van der Waals surface area contributed by atoms with Crippen LogP contribution in [-0.4, -0.2) is 11.3 Å². The third kappa shape index (κ3) is 12.9. The van der Waals surface area contributed by atoms with E-state index in [2.05, 4.69) is 408 Å². The molecule has 2 aliphatic rings. The van der Waals surface area contributed by atoms with Crippen molar-refractivity contribution in [1.29, 1.82) is 5.26 Å². The first-order valence-electron chi connectivity index (χ1n) is 38.3. The van der Waals surface area contributed by atoms with Crippen molar-refractivity contribution in [3.8, 4) is 67.4 Å². The van der Waals surface area contributed by atoms with Gasteiger partial charge < -0.3 is 14.4 Å². The Balaban J connectivity index is 1.12. The van der Waals surface area contributed by atoms with Crippen molar-refractivity contribution in [3.63, 3.8) is 0 Å². The molecule has 12 aromatic carbocycles. The van der Waals surface area contributed by atoms with Crippen molar-refractivity contribution in [1.82, 2.24) is 4.57 Å². The third-order valence-electron chi connectivity index (χ3n) is 22.6. The molecule has 15 rings (SSSR count). The van der Waals surface area contributed by atoms with Crippen molar-refractivity contribution in [2.24, 2.45) is 0 Å². The second-order valence-corrected chi connectivity index (χ2v) is 37.6. The van der Waals surface area contributed by atoms with Crippen LogP contribution < -0.4 is 26.2 Å². The van der Waals surface area contributed by atoms with Crippen molar-refractivity contribution >= 4 is 79.0 Å². The monoisotopic (exact) mass is 1380 g/mol. The van der Waals surface area contributed by atoms with E-state index in [-0.39, 0.29) is 44.6 Å². The summed E-state index contributed by atoms with van der Waals surface area (Å²) < 4.78 is 2.33. The standard InChI is InChI=1S/C101H103BN4/c1-95(2,3)73-42-38-64(39-43-73)68-46-67(63-30-23-22-24-31-63)53-80(54-68)104-90-55-65(69-47-74(96(4,5)6)59-75(48-69)97(7,8)9)40-44-84(90)102-85-45-41-66(70-49-76(98(10,11)12)60-77(50-70)99(13,14)15)56-91(85)106(93-58-72(57-92(104)94(93)102)71-51-78(100(16,17)18)61-79(52-71)101(19,20)21)89-37-29-36-88(83(89)62-103)105-86-34-27-25-32-81(86)82-33-26-28-35-87(82)105/h22-61H,1-21H3. The third-order valence-corrected chi connectivity index (χ3v) is 22.6. The minimum Gasteiger partial charge on any atom is -0.311 e. The molecule has 13 aromatic rings. The summed E-state index contributed by atoms with van der Waals surface area (Å²) in [5.41, 5.74) is 32.9. The van der Waals surface area contributed by atoms with Crippen LogP contribution >= 0.6 is 0 Å². The smallest absolute Gasteiger partial charge is 0.252 e. The number of anilines is 6. The highest BCUT2D eigenvalue weighted by molar-refractivity contribution is 7.00. The van der Waals surface area contributed by atoms with E-state index in [1.165, 1.54) is 66.5 Å². The topological polar surface area (TPSA) is 35.2 Å².